The van der Waals surface area contributed by atoms with Crippen LogP contribution in [0.4, 0.5) is 5.69 Å². The van der Waals surface area contributed by atoms with E-state index in [9.17, 15) is 9.59 Å². The highest BCUT2D eigenvalue weighted by molar-refractivity contribution is 7.99. The number of amides is 2. The second kappa shape index (κ2) is 10.5. The van der Waals surface area contributed by atoms with Crippen LogP contribution < -0.4 is 10.1 Å². The predicted octanol–water partition coefficient (Wildman–Crippen LogP) is 3.66. The summed E-state index contributed by atoms with van der Waals surface area (Å²) in [5.74, 6) is 1.13. The number of benzene rings is 2. The van der Waals surface area contributed by atoms with Gasteiger partial charge in [0.2, 0.25) is 11.8 Å². The number of nitrogens with one attached hydrogen (secondary N) is 1. The Morgan fingerprint density at radius 3 is 2.58 bits per heavy atom. The Hall–Kier alpha value is -2.47. The van der Waals surface area contributed by atoms with Gasteiger partial charge in [-0.1, -0.05) is 24.3 Å². The van der Waals surface area contributed by atoms with Gasteiger partial charge in [0, 0.05) is 35.4 Å². The van der Waals surface area contributed by atoms with Crippen LogP contribution in [-0.2, 0) is 9.59 Å². The van der Waals surface area contributed by atoms with Crippen LogP contribution in [0.5, 0.6) is 5.75 Å². The molecule has 1 N–H and O–H groups in total. The summed E-state index contributed by atoms with van der Waals surface area (Å²) in [7, 11) is 1.58. The minimum atomic E-state index is -0.218. The van der Waals surface area contributed by atoms with Crippen LogP contribution in [0.15, 0.2) is 59.5 Å². The van der Waals surface area contributed by atoms with Crippen LogP contribution in [-0.4, -0.2) is 42.7 Å². The third-order valence-electron chi connectivity index (χ3n) is 3.75. The Bertz CT molecular complexity index is 722. The highest BCUT2D eigenvalue weighted by Gasteiger charge is 2.15. The molecule has 0 atom stereocenters. The number of anilines is 1. The molecule has 0 saturated heterocycles. The van der Waals surface area contributed by atoms with E-state index in [1.165, 1.54) is 0 Å². The molecular weight excluding hydrogens is 348 g/mol. The first kappa shape index (κ1) is 19.8. The van der Waals surface area contributed by atoms with E-state index < -0.39 is 0 Å². The molecule has 0 aliphatic carbocycles. The Morgan fingerprint density at radius 1 is 1.12 bits per heavy atom. The maximum absolute atomic E-state index is 12.4. The molecule has 0 bridgehead atoms. The molecule has 0 spiro atoms. The SMILES string of the molecule is CCN(CC(=O)Nc1cccc(OC)c1)C(=O)CCSc1ccccc1. The van der Waals surface area contributed by atoms with Crippen molar-refractivity contribution in [2.45, 2.75) is 18.2 Å². The maximum Gasteiger partial charge on any atom is 0.243 e. The fourth-order valence-electron chi connectivity index (χ4n) is 2.38. The number of thioether (sulfide) groups is 1. The largest absolute Gasteiger partial charge is 0.497 e. The maximum atomic E-state index is 12.4. The lowest BCUT2D eigenvalue weighted by Gasteiger charge is -2.20. The van der Waals surface area contributed by atoms with E-state index in [2.05, 4.69) is 5.32 Å². The molecule has 0 unspecified atom stereocenters. The van der Waals surface area contributed by atoms with Gasteiger partial charge in [0.25, 0.3) is 0 Å². The fraction of sp³-hybridized carbons (Fsp3) is 0.300. The van der Waals surface area contributed by atoms with Crippen molar-refractivity contribution in [1.29, 1.82) is 0 Å². The Kier molecular flexibility index (Phi) is 8.02. The smallest absolute Gasteiger partial charge is 0.243 e. The molecule has 6 heteroatoms. The lowest BCUT2D eigenvalue weighted by Crippen LogP contribution is -2.38. The summed E-state index contributed by atoms with van der Waals surface area (Å²) in [6.07, 6.45) is 0.403. The number of likely N-dealkylation sites (N-methyl/N-ethyl adjacent to an activating group) is 1. The summed E-state index contributed by atoms with van der Waals surface area (Å²) < 4.78 is 5.14. The van der Waals surface area contributed by atoms with Gasteiger partial charge >= 0.3 is 0 Å². The molecule has 0 fully saturated rings. The van der Waals surface area contributed by atoms with Gasteiger partial charge in [-0.15, -0.1) is 11.8 Å². The molecule has 5 nitrogen and oxygen atoms in total. The number of carbonyl (C=O) groups is 2. The monoisotopic (exact) mass is 372 g/mol. The van der Waals surface area contributed by atoms with Crippen molar-refractivity contribution in [3.8, 4) is 5.75 Å². The number of hydrogen-bond acceptors (Lipinski definition) is 4. The zero-order valence-electron chi connectivity index (χ0n) is 15.1. The van der Waals surface area contributed by atoms with Crippen LogP contribution in [0.25, 0.3) is 0 Å². The number of methoxy groups -OCH3 is 1. The Labute approximate surface area is 158 Å². The van der Waals surface area contributed by atoms with Gasteiger partial charge < -0.3 is 15.0 Å². The normalized spacial score (nSPS) is 10.2. The molecule has 0 aliphatic heterocycles. The molecule has 26 heavy (non-hydrogen) atoms. The van der Waals surface area contributed by atoms with E-state index in [4.69, 9.17) is 4.74 Å². The second-order valence-corrected chi connectivity index (χ2v) is 6.77. The summed E-state index contributed by atoms with van der Waals surface area (Å²) in [4.78, 5) is 27.3. The van der Waals surface area contributed by atoms with E-state index in [0.29, 0.717) is 30.2 Å². The zero-order valence-corrected chi connectivity index (χ0v) is 15.9. The number of carbonyl (C=O) groups excluding carboxylic acids is 2. The number of rotatable bonds is 9. The van der Waals surface area contributed by atoms with Crippen LogP contribution >= 0.6 is 11.8 Å². The van der Waals surface area contributed by atoms with E-state index in [0.717, 1.165) is 4.90 Å². The lowest BCUT2D eigenvalue weighted by atomic mass is 10.3. The summed E-state index contributed by atoms with van der Waals surface area (Å²) in [6.45, 7) is 2.42. The first-order valence-corrected chi connectivity index (χ1v) is 9.50. The van der Waals surface area contributed by atoms with Gasteiger partial charge in [-0.05, 0) is 31.2 Å². The van der Waals surface area contributed by atoms with E-state index in [-0.39, 0.29) is 18.4 Å². The highest BCUT2D eigenvalue weighted by atomic mass is 32.2. The first-order valence-electron chi connectivity index (χ1n) is 8.52. The van der Waals surface area contributed by atoms with Crippen molar-refractivity contribution >= 4 is 29.3 Å². The Morgan fingerprint density at radius 2 is 1.88 bits per heavy atom. The standard InChI is InChI=1S/C20H24N2O3S/c1-3-22(20(24)12-13-26-18-10-5-4-6-11-18)15-19(23)21-16-8-7-9-17(14-16)25-2/h4-11,14H,3,12-13,15H2,1-2H3,(H,21,23). The number of hydrogen-bond donors (Lipinski definition) is 1. The molecular formula is C20H24N2O3S. The second-order valence-electron chi connectivity index (χ2n) is 5.60. The topological polar surface area (TPSA) is 58.6 Å². The van der Waals surface area contributed by atoms with E-state index in [1.807, 2.05) is 43.3 Å². The highest BCUT2D eigenvalue weighted by Crippen LogP contribution is 2.18. The van der Waals surface area contributed by atoms with Crippen LogP contribution in [0.1, 0.15) is 13.3 Å². The van der Waals surface area contributed by atoms with Gasteiger partial charge in [-0.3, -0.25) is 9.59 Å². The van der Waals surface area contributed by atoms with E-state index in [1.54, 1.807) is 42.0 Å². The molecule has 138 valence electrons. The third-order valence-corrected chi connectivity index (χ3v) is 4.76. The minimum Gasteiger partial charge on any atom is -0.497 e. The average molecular weight is 372 g/mol. The molecule has 0 radical (unpaired) electrons. The molecule has 2 rings (SSSR count). The summed E-state index contributed by atoms with van der Waals surface area (Å²) in [6, 6.07) is 17.1. The van der Waals surface area contributed by atoms with Crippen molar-refractivity contribution < 1.29 is 14.3 Å². The van der Waals surface area contributed by atoms with E-state index >= 15 is 0 Å². The minimum absolute atomic E-state index is 0.0169. The molecule has 2 aromatic rings. The van der Waals surface area contributed by atoms with Crippen molar-refractivity contribution in [1.82, 2.24) is 4.90 Å². The van der Waals surface area contributed by atoms with Crippen LogP contribution in [0.3, 0.4) is 0 Å². The third kappa shape index (κ3) is 6.44. The average Bonchev–Trinajstić information content (AvgIpc) is 2.67. The van der Waals surface area contributed by atoms with Gasteiger partial charge in [0.1, 0.15) is 5.75 Å². The van der Waals surface area contributed by atoms with Gasteiger partial charge in [0.05, 0.1) is 13.7 Å². The Balaban J connectivity index is 1.80. The molecule has 0 heterocycles. The van der Waals surface area contributed by atoms with Gasteiger partial charge in [0.15, 0.2) is 0 Å². The number of ether oxygens (including phenoxy) is 1. The van der Waals surface area contributed by atoms with Gasteiger partial charge in [-0.25, -0.2) is 0 Å². The fourth-order valence-corrected chi connectivity index (χ4v) is 3.24. The molecule has 0 aliphatic rings. The number of nitrogens with zero attached hydrogens (tertiary/aromatic N) is 1. The van der Waals surface area contributed by atoms with Gasteiger partial charge in [-0.2, -0.15) is 0 Å². The summed E-state index contributed by atoms with van der Waals surface area (Å²) in [5.41, 5.74) is 0.650. The molecule has 0 aromatic heterocycles. The predicted molar refractivity (Wildman–Crippen MR) is 106 cm³/mol. The zero-order chi connectivity index (χ0) is 18.8. The lowest BCUT2D eigenvalue weighted by molar-refractivity contribution is -0.134. The molecule has 2 amide bonds. The van der Waals surface area contributed by atoms with Crippen molar-refractivity contribution in [2.24, 2.45) is 0 Å². The van der Waals surface area contributed by atoms with Crippen molar-refractivity contribution in [3.63, 3.8) is 0 Å². The van der Waals surface area contributed by atoms with Crippen molar-refractivity contribution in [3.05, 3.63) is 54.6 Å². The summed E-state index contributed by atoms with van der Waals surface area (Å²) >= 11 is 1.64. The summed E-state index contributed by atoms with van der Waals surface area (Å²) in [5, 5.41) is 2.80. The molecule has 0 saturated carbocycles. The molecule has 2 aromatic carbocycles. The van der Waals surface area contributed by atoms with Crippen LogP contribution in [0.2, 0.25) is 0 Å². The van der Waals surface area contributed by atoms with Crippen LogP contribution in [0, 0.1) is 0 Å². The van der Waals surface area contributed by atoms with Crippen molar-refractivity contribution in [2.75, 3.05) is 31.3 Å². The quantitative estimate of drug-likeness (QED) is 0.683. The first-order chi connectivity index (χ1) is 12.6.